The number of carbonyl (C=O) groups is 1. The van der Waals surface area contributed by atoms with Crippen molar-refractivity contribution in [2.75, 3.05) is 25.0 Å². The van der Waals surface area contributed by atoms with Gasteiger partial charge in [-0.25, -0.2) is 8.42 Å². The van der Waals surface area contributed by atoms with Gasteiger partial charge in [-0.15, -0.1) is 0 Å². The van der Waals surface area contributed by atoms with Crippen LogP contribution < -0.4 is 10.1 Å². The van der Waals surface area contributed by atoms with Gasteiger partial charge in [0.1, 0.15) is 10.6 Å². The minimum absolute atomic E-state index is 0.0217. The molecule has 2 aromatic carbocycles. The molecule has 0 aliphatic heterocycles. The molecule has 0 aliphatic rings. The highest BCUT2D eigenvalue weighted by Gasteiger charge is 2.24. The minimum Gasteiger partial charge on any atom is -0.493 e. The van der Waals surface area contributed by atoms with Crippen molar-refractivity contribution in [3.05, 3.63) is 53.1 Å². The van der Waals surface area contributed by atoms with E-state index >= 15 is 0 Å². The number of sulfonamides is 1. The molecule has 0 aromatic heterocycles. The molecular weight excluding hydrogens is 400 g/mol. The van der Waals surface area contributed by atoms with Crippen LogP contribution in [0.5, 0.6) is 5.75 Å². The number of benzene rings is 2. The third kappa shape index (κ3) is 5.70. The molecule has 0 unspecified atom stereocenters. The highest BCUT2D eigenvalue weighted by molar-refractivity contribution is 7.89. The molecule has 0 fully saturated rings. The monoisotopic (exact) mass is 424 g/mol. The predicted octanol–water partition coefficient (Wildman–Crippen LogP) is 4.09. The molecule has 0 aliphatic carbocycles. The first-order valence-corrected chi connectivity index (χ1v) is 10.9. The van der Waals surface area contributed by atoms with Crippen molar-refractivity contribution in [1.29, 1.82) is 0 Å². The Hall–Kier alpha value is -2.09. The molecule has 6 nitrogen and oxygen atoms in total. The maximum atomic E-state index is 12.7. The number of ether oxygens (including phenoxy) is 1. The normalized spacial score (nSPS) is 11.5. The van der Waals surface area contributed by atoms with E-state index in [1.165, 1.54) is 16.4 Å². The van der Waals surface area contributed by atoms with Gasteiger partial charge in [0, 0.05) is 18.8 Å². The SMILES string of the molecule is CCN(CC)S(=O)(=O)c1cc(NC(=O)CCOc2ccc(C)cc2)ccc1Cl. The molecule has 0 saturated carbocycles. The topological polar surface area (TPSA) is 75.7 Å². The summed E-state index contributed by atoms with van der Waals surface area (Å²) >= 11 is 6.10. The van der Waals surface area contributed by atoms with E-state index in [9.17, 15) is 13.2 Å². The van der Waals surface area contributed by atoms with Crippen LogP contribution in [-0.2, 0) is 14.8 Å². The zero-order valence-electron chi connectivity index (χ0n) is 16.2. The van der Waals surface area contributed by atoms with Gasteiger partial charge in [-0.3, -0.25) is 4.79 Å². The van der Waals surface area contributed by atoms with E-state index in [0.717, 1.165) is 5.56 Å². The van der Waals surface area contributed by atoms with Crippen molar-refractivity contribution in [3.63, 3.8) is 0 Å². The van der Waals surface area contributed by atoms with Crippen LogP contribution in [-0.4, -0.2) is 38.3 Å². The molecule has 0 saturated heterocycles. The molecule has 0 atom stereocenters. The molecule has 8 heteroatoms. The molecule has 0 heterocycles. The van der Waals surface area contributed by atoms with Crippen molar-refractivity contribution < 1.29 is 17.9 Å². The third-order valence-corrected chi connectivity index (χ3v) is 6.69. The molecule has 152 valence electrons. The lowest BCUT2D eigenvalue weighted by Crippen LogP contribution is -2.30. The summed E-state index contributed by atoms with van der Waals surface area (Å²) in [7, 11) is -3.72. The zero-order chi connectivity index (χ0) is 20.7. The second kappa shape index (κ2) is 9.91. The van der Waals surface area contributed by atoms with Gasteiger partial charge in [-0.1, -0.05) is 43.1 Å². The lowest BCUT2D eigenvalue weighted by molar-refractivity contribution is -0.116. The van der Waals surface area contributed by atoms with Crippen molar-refractivity contribution in [2.45, 2.75) is 32.1 Å². The van der Waals surface area contributed by atoms with E-state index in [4.69, 9.17) is 16.3 Å². The Morgan fingerprint density at radius 2 is 1.75 bits per heavy atom. The average molecular weight is 425 g/mol. The number of halogens is 1. The smallest absolute Gasteiger partial charge is 0.244 e. The lowest BCUT2D eigenvalue weighted by atomic mass is 10.2. The van der Waals surface area contributed by atoms with Gasteiger partial charge in [0.15, 0.2) is 0 Å². The first-order valence-electron chi connectivity index (χ1n) is 9.07. The van der Waals surface area contributed by atoms with Crippen molar-refractivity contribution >= 4 is 33.2 Å². The highest BCUT2D eigenvalue weighted by atomic mass is 35.5. The van der Waals surface area contributed by atoms with E-state index in [1.807, 2.05) is 31.2 Å². The fraction of sp³-hybridized carbons (Fsp3) is 0.350. The Labute approximate surface area is 171 Å². The summed E-state index contributed by atoms with van der Waals surface area (Å²) in [6, 6.07) is 12.0. The summed E-state index contributed by atoms with van der Waals surface area (Å²) < 4.78 is 32.3. The van der Waals surface area contributed by atoms with Gasteiger partial charge in [0.2, 0.25) is 15.9 Å². The number of anilines is 1. The number of nitrogens with one attached hydrogen (secondary N) is 1. The number of amides is 1. The summed E-state index contributed by atoms with van der Waals surface area (Å²) in [5, 5.41) is 2.81. The van der Waals surface area contributed by atoms with Crippen molar-refractivity contribution in [2.24, 2.45) is 0 Å². The number of nitrogens with zero attached hydrogens (tertiary/aromatic N) is 1. The Morgan fingerprint density at radius 1 is 1.11 bits per heavy atom. The lowest BCUT2D eigenvalue weighted by Gasteiger charge is -2.19. The molecule has 2 rings (SSSR count). The number of rotatable bonds is 9. The van der Waals surface area contributed by atoms with Crippen molar-refractivity contribution in [1.82, 2.24) is 4.31 Å². The third-order valence-electron chi connectivity index (χ3n) is 4.16. The maximum Gasteiger partial charge on any atom is 0.244 e. The number of aryl methyl sites for hydroxylation is 1. The summed E-state index contributed by atoms with van der Waals surface area (Å²) in [5.74, 6) is 0.415. The minimum atomic E-state index is -3.72. The van der Waals surface area contributed by atoms with Gasteiger partial charge < -0.3 is 10.1 Å². The molecule has 0 bridgehead atoms. The predicted molar refractivity (Wildman–Crippen MR) is 111 cm³/mol. The Morgan fingerprint density at radius 3 is 2.36 bits per heavy atom. The van der Waals surface area contributed by atoms with E-state index in [0.29, 0.717) is 24.5 Å². The van der Waals surface area contributed by atoms with Crippen LogP contribution in [0.1, 0.15) is 25.8 Å². The fourth-order valence-electron chi connectivity index (χ4n) is 2.60. The molecule has 0 radical (unpaired) electrons. The summed E-state index contributed by atoms with van der Waals surface area (Å²) in [4.78, 5) is 12.1. The van der Waals surface area contributed by atoms with Crippen LogP contribution in [0.2, 0.25) is 5.02 Å². The van der Waals surface area contributed by atoms with Crippen LogP contribution in [0.15, 0.2) is 47.4 Å². The van der Waals surface area contributed by atoms with Gasteiger partial charge in [-0.05, 0) is 37.3 Å². The highest BCUT2D eigenvalue weighted by Crippen LogP contribution is 2.27. The maximum absolute atomic E-state index is 12.7. The van der Waals surface area contributed by atoms with Gasteiger partial charge in [-0.2, -0.15) is 4.31 Å². The van der Waals surface area contributed by atoms with Crippen LogP contribution in [0, 0.1) is 6.92 Å². The number of hydrogen-bond donors (Lipinski definition) is 1. The average Bonchev–Trinajstić information content (AvgIpc) is 2.65. The zero-order valence-corrected chi connectivity index (χ0v) is 17.8. The Kier molecular flexibility index (Phi) is 7.86. The van der Waals surface area contributed by atoms with Gasteiger partial charge >= 0.3 is 0 Å². The second-order valence-corrected chi connectivity index (χ2v) is 8.51. The quantitative estimate of drug-likeness (QED) is 0.657. The van der Waals surface area contributed by atoms with Crippen LogP contribution >= 0.6 is 11.6 Å². The van der Waals surface area contributed by atoms with E-state index < -0.39 is 10.0 Å². The second-order valence-electron chi connectivity index (χ2n) is 6.19. The molecule has 1 amide bonds. The van der Waals surface area contributed by atoms with Gasteiger partial charge in [0.05, 0.1) is 18.1 Å². The molecular formula is C20H25ClN2O4S. The number of carbonyl (C=O) groups excluding carboxylic acids is 1. The summed E-state index contributed by atoms with van der Waals surface area (Å²) in [6.07, 6.45) is 0.134. The molecule has 28 heavy (non-hydrogen) atoms. The van der Waals surface area contributed by atoms with E-state index in [-0.39, 0.29) is 28.9 Å². The standard InChI is InChI=1S/C20H25ClN2O4S/c1-4-23(5-2)28(25,26)19-14-16(8-11-18(19)21)22-20(24)12-13-27-17-9-6-15(3)7-10-17/h6-11,14H,4-5,12-13H2,1-3H3,(H,22,24). The first kappa shape index (κ1) is 22.2. The molecule has 1 N–H and O–H groups in total. The first-order chi connectivity index (χ1) is 13.3. The number of hydrogen-bond acceptors (Lipinski definition) is 4. The van der Waals surface area contributed by atoms with E-state index in [2.05, 4.69) is 5.32 Å². The molecule has 2 aromatic rings. The molecule has 0 spiro atoms. The van der Waals surface area contributed by atoms with Crippen molar-refractivity contribution in [3.8, 4) is 5.75 Å². The van der Waals surface area contributed by atoms with Crippen LogP contribution in [0.4, 0.5) is 5.69 Å². The summed E-state index contributed by atoms with van der Waals surface area (Å²) in [5.41, 5.74) is 1.50. The van der Waals surface area contributed by atoms with Crippen LogP contribution in [0.3, 0.4) is 0 Å². The largest absolute Gasteiger partial charge is 0.493 e. The summed E-state index contributed by atoms with van der Waals surface area (Å²) in [6.45, 7) is 6.39. The fourth-order valence-corrected chi connectivity index (χ4v) is 4.56. The van der Waals surface area contributed by atoms with Crippen LogP contribution in [0.25, 0.3) is 0 Å². The Balaban J connectivity index is 2.02. The Bertz CT molecular complexity index is 910. The van der Waals surface area contributed by atoms with Gasteiger partial charge in [0.25, 0.3) is 0 Å². The van der Waals surface area contributed by atoms with E-state index in [1.54, 1.807) is 19.9 Å².